The van der Waals surface area contributed by atoms with Gasteiger partial charge in [0.15, 0.2) is 5.75 Å². The van der Waals surface area contributed by atoms with E-state index >= 15 is 0 Å². The molecule has 0 saturated heterocycles. The SMILES string of the molecule is N#CC(=NNc1cc(Cl)c(Oc2n[nH]c(=O)c3ccccc23)c(Cl)c1)C(=O)NC(=O)O. The number of halogens is 2. The van der Waals surface area contributed by atoms with Gasteiger partial charge in [-0.05, 0) is 24.3 Å². The fraction of sp³-hybridized carbons (Fsp3) is 0. The Morgan fingerprint density at radius 2 is 1.84 bits per heavy atom. The molecule has 0 fully saturated rings. The number of ether oxygens (including phenoxy) is 1. The first kappa shape index (κ1) is 21.6. The Kier molecular flexibility index (Phi) is 6.35. The summed E-state index contributed by atoms with van der Waals surface area (Å²) in [5, 5.41) is 29.5. The van der Waals surface area contributed by atoms with Crippen LogP contribution in [-0.2, 0) is 4.79 Å². The summed E-state index contributed by atoms with van der Waals surface area (Å²) >= 11 is 12.5. The van der Waals surface area contributed by atoms with E-state index in [1.807, 2.05) is 0 Å². The quantitative estimate of drug-likeness (QED) is 0.332. The molecule has 11 nitrogen and oxygen atoms in total. The summed E-state index contributed by atoms with van der Waals surface area (Å²) in [5.41, 5.74) is 1.43. The zero-order valence-electron chi connectivity index (χ0n) is 15.1. The number of H-pyrrole nitrogens is 1. The maximum absolute atomic E-state index is 11.9. The van der Waals surface area contributed by atoms with E-state index in [4.69, 9.17) is 38.3 Å². The van der Waals surface area contributed by atoms with Crippen LogP contribution in [-0.4, -0.2) is 33.0 Å². The van der Waals surface area contributed by atoms with Crippen molar-refractivity contribution in [3.8, 4) is 17.7 Å². The van der Waals surface area contributed by atoms with Crippen molar-refractivity contribution in [2.75, 3.05) is 5.43 Å². The number of aromatic nitrogens is 2. The number of fused-ring (bicyclic) bond motifs is 1. The van der Waals surface area contributed by atoms with Crippen molar-refractivity contribution in [3.05, 3.63) is 56.8 Å². The highest BCUT2D eigenvalue weighted by molar-refractivity contribution is 6.46. The lowest BCUT2D eigenvalue weighted by atomic mass is 10.2. The molecule has 0 unspecified atom stereocenters. The van der Waals surface area contributed by atoms with Crippen molar-refractivity contribution in [1.29, 1.82) is 5.26 Å². The Morgan fingerprint density at radius 1 is 1.19 bits per heavy atom. The Hall–Kier alpha value is -4.14. The number of hydrogen-bond acceptors (Lipinski definition) is 8. The number of carbonyl (C=O) groups excluding carboxylic acids is 1. The summed E-state index contributed by atoms with van der Waals surface area (Å²) in [6.45, 7) is 0. The Bertz CT molecular complexity index is 1310. The fourth-order valence-corrected chi connectivity index (χ4v) is 2.95. The van der Waals surface area contributed by atoms with E-state index in [1.165, 1.54) is 23.5 Å². The third-order valence-corrected chi connectivity index (χ3v) is 4.26. The molecule has 0 saturated carbocycles. The number of hydrazone groups is 1. The molecule has 2 aromatic carbocycles. The van der Waals surface area contributed by atoms with Gasteiger partial charge in [0.1, 0.15) is 6.07 Å². The predicted molar refractivity (Wildman–Crippen MR) is 112 cm³/mol. The van der Waals surface area contributed by atoms with Crippen LogP contribution in [0.2, 0.25) is 10.0 Å². The van der Waals surface area contributed by atoms with Crippen molar-refractivity contribution in [2.24, 2.45) is 5.10 Å². The normalized spacial score (nSPS) is 10.9. The number of hydrogen-bond donors (Lipinski definition) is 4. The number of carbonyl (C=O) groups is 2. The second-order valence-corrected chi connectivity index (χ2v) is 6.53. The van der Waals surface area contributed by atoms with Crippen LogP contribution in [0.3, 0.4) is 0 Å². The van der Waals surface area contributed by atoms with Crippen LogP contribution in [0.5, 0.6) is 11.6 Å². The second kappa shape index (κ2) is 9.12. The van der Waals surface area contributed by atoms with Gasteiger partial charge in [-0.2, -0.15) is 10.4 Å². The Balaban J connectivity index is 1.88. The van der Waals surface area contributed by atoms with Crippen LogP contribution in [0.15, 0.2) is 46.3 Å². The lowest BCUT2D eigenvalue weighted by Crippen LogP contribution is -2.34. The maximum atomic E-state index is 11.9. The molecular weight excluding hydrogens is 451 g/mol. The van der Waals surface area contributed by atoms with E-state index in [0.717, 1.165) is 0 Å². The van der Waals surface area contributed by atoms with Gasteiger partial charge in [-0.1, -0.05) is 35.3 Å². The van der Waals surface area contributed by atoms with Gasteiger partial charge < -0.3 is 9.84 Å². The van der Waals surface area contributed by atoms with Crippen molar-refractivity contribution in [1.82, 2.24) is 15.5 Å². The minimum atomic E-state index is -1.64. The maximum Gasteiger partial charge on any atom is 0.411 e. The Labute approximate surface area is 182 Å². The molecule has 0 aliphatic heterocycles. The highest BCUT2D eigenvalue weighted by Gasteiger charge is 2.16. The van der Waals surface area contributed by atoms with Gasteiger partial charge in [0.2, 0.25) is 11.6 Å². The van der Waals surface area contributed by atoms with E-state index in [2.05, 4.69) is 20.7 Å². The number of rotatable bonds is 5. The van der Waals surface area contributed by atoms with Crippen molar-refractivity contribution in [3.63, 3.8) is 0 Å². The van der Waals surface area contributed by atoms with E-state index < -0.39 is 23.3 Å². The highest BCUT2D eigenvalue weighted by atomic mass is 35.5. The number of imide groups is 1. The average Bonchev–Trinajstić information content (AvgIpc) is 2.72. The molecule has 0 bridgehead atoms. The summed E-state index contributed by atoms with van der Waals surface area (Å²) in [4.78, 5) is 33.9. The first-order valence-electron chi connectivity index (χ1n) is 8.22. The molecule has 0 aliphatic rings. The van der Waals surface area contributed by atoms with Gasteiger partial charge in [0, 0.05) is 0 Å². The molecule has 13 heteroatoms. The standard InChI is InChI=1S/C18H10Cl2N6O5/c19-11-5-8(23-24-13(7-21)16(28)22-18(29)30)6-12(20)14(11)31-17-10-4-2-1-3-9(10)15(27)25-26-17/h1-6,23H,(H,22,28)(H,25,27)(H,29,30). The van der Waals surface area contributed by atoms with Gasteiger partial charge in [-0.3, -0.25) is 20.3 Å². The minimum absolute atomic E-state index is 0.0239. The topological polar surface area (TPSA) is 170 Å². The first-order chi connectivity index (χ1) is 14.8. The van der Waals surface area contributed by atoms with Crippen molar-refractivity contribution in [2.45, 2.75) is 0 Å². The molecule has 0 atom stereocenters. The van der Waals surface area contributed by atoms with E-state index in [-0.39, 0.29) is 27.4 Å². The molecule has 156 valence electrons. The number of amides is 2. The first-order valence-corrected chi connectivity index (χ1v) is 8.98. The van der Waals surface area contributed by atoms with Crippen LogP contribution in [0.25, 0.3) is 10.8 Å². The van der Waals surface area contributed by atoms with Crippen LogP contribution in [0.4, 0.5) is 10.5 Å². The van der Waals surface area contributed by atoms with Crippen molar-refractivity contribution < 1.29 is 19.4 Å². The van der Waals surface area contributed by atoms with Gasteiger partial charge in [-0.15, -0.1) is 5.10 Å². The molecular formula is C18H10Cl2N6O5. The Morgan fingerprint density at radius 3 is 2.45 bits per heavy atom. The summed E-state index contributed by atoms with van der Waals surface area (Å²) in [6.07, 6.45) is -1.64. The zero-order chi connectivity index (χ0) is 22.5. The molecule has 2 amide bonds. The molecule has 1 heterocycles. The minimum Gasteiger partial charge on any atom is -0.465 e. The second-order valence-electron chi connectivity index (χ2n) is 5.72. The van der Waals surface area contributed by atoms with Crippen LogP contribution in [0, 0.1) is 11.3 Å². The molecule has 0 aliphatic carbocycles. The van der Waals surface area contributed by atoms with Gasteiger partial charge in [0.05, 0.1) is 26.5 Å². The number of nitrogens with zero attached hydrogens (tertiary/aromatic N) is 3. The smallest absolute Gasteiger partial charge is 0.411 e. The van der Waals surface area contributed by atoms with Crippen molar-refractivity contribution >= 4 is 57.4 Å². The number of nitrogens with one attached hydrogen (secondary N) is 3. The van der Waals surface area contributed by atoms with E-state index in [9.17, 15) is 14.4 Å². The molecule has 31 heavy (non-hydrogen) atoms. The summed E-state index contributed by atoms with van der Waals surface area (Å²) in [5.74, 6) is -1.11. The summed E-state index contributed by atoms with van der Waals surface area (Å²) in [6, 6.07) is 10.8. The van der Waals surface area contributed by atoms with Crippen LogP contribution in [0.1, 0.15) is 0 Å². The average molecular weight is 461 g/mol. The number of carboxylic acid groups (broad SMARTS) is 1. The van der Waals surface area contributed by atoms with Crippen LogP contribution < -0.4 is 21.0 Å². The highest BCUT2D eigenvalue weighted by Crippen LogP contribution is 2.39. The van der Waals surface area contributed by atoms with Gasteiger partial charge >= 0.3 is 6.09 Å². The predicted octanol–water partition coefficient (Wildman–Crippen LogP) is 3.11. The summed E-state index contributed by atoms with van der Waals surface area (Å²) in [7, 11) is 0. The number of aromatic amines is 1. The van der Waals surface area contributed by atoms with E-state index in [0.29, 0.717) is 10.8 Å². The number of nitriles is 1. The molecule has 4 N–H and O–H groups in total. The van der Waals surface area contributed by atoms with Gasteiger partial charge in [-0.25, -0.2) is 9.89 Å². The lowest BCUT2D eigenvalue weighted by Gasteiger charge is -2.12. The number of benzene rings is 2. The molecule has 1 aromatic heterocycles. The molecule has 0 spiro atoms. The molecule has 3 rings (SSSR count). The van der Waals surface area contributed by atoms with Crippen LogP contribution >= 0.6 is 23.2 Å². The lowest BCUT2D eigenvalue weighted by molar-refractivity contribution is -0.114. The largest absolute Gasteiger partial charge is 0.465 e. The van der Waals surface area contributed by atoms with Gasteiger partial charge in [0.25, 0.3) is 11.5 Å². The molecule has 3 aromatic rings. The third kappa shape index (κ3) is 4.89. The zero-order valence-corrected chi connectivity index (χ0v) is 16.7. The number of anilines is 1. The molecule has 0 radical (unpaired) electrons. The monoisotopic (exact) mass is 460 g/mol. The summed E-state index contributed by atoms with van der Waals surface area (Å²) < 4.78 is 5.70. The van der Waals surface area contributed by atoms with E-state index in [1.54, 1.807) is 24.3 Å². The fourth-order valence-electron chi connectivity index (χ4n) is 2.39. The third-order valence-electron chi connectivity index (χ3n) is 3.70.